The number of likely N-dealkylation sites (N-methyl/N-ethyl adjacent to an activating group) is 1. The highest BCUT2D eigenvalue weighted by atomic mass is 16.5. The zero-order valence-electron chi connectivity index (χ0n) is 20.8. The van der Waals surface area contributed by atoms with Gasteiger partial charge in [-0.15, -0.1) is 0 Å². The quantitative estimate of drug-likeness (QED) is 0.679. The van der Waals surface area contributed by atoms with E-state index in [0.29, 0.717) is 42.4 Å². The van der Waals surface area contributed by atoms with E-state index in [4.69, 9.17) is 14.2 Å². The van der Waals surface area contributed by atoms with Crippen molar-refractivity contribution in [2.24, 2.45) is 11.8 Å². The number of nitrogens with one attached hydrogen (secondary N) is 1. The lowest BCUT2D eigenvalue weighted by atomic mass is 10.0. The normalized spacial score (nSPS) is 23.9. The summed E-state index contributed by atoms with van der Waals surface area (Å²) in [6, 6.07) is 4.75. The molecule has 1 N–H and O–H groups in total. The van der Waals surface area contributed by atoms with Gasteiger partial charge in [0.2, 0.25) is 11.8 Å². The molecular weight excluding hydrogens is 438 g/mol. The molecule has 3 amide bonds. The second-order valence-electron chi connectivity index (χ2n) is 9.48. The number of carbonyl (C=O) groups is 3. The minimum atomic E-state index is -0.304. The van der Waals surface area contributed by atoms with Gasteiger partial charge in [0.15, 0.2) is 0 Å². The molecule has 0 radical (unpaired) electrons. The molecule has 0 bridgehead atoms. The molecule has 0 aromatic heterocycles. The van der Waals surface area contributed by atoms with Crippen LogP contribution in [0, 0.1) is 11.8 Å². The Morgan fingerprint density at radius 1 is 1.18 bits per heavy atom. The third-order valence-electron chi connectivity index (χ3n) is 6.49. The number of ether oxygens (including phenoxy) is 3. The standard InChI is InChI=1S/C25H37N3O6/c1-16-12-28(24(30)10-18-6-7-18)17(2)14-34-21-11-19(26-23(29)15-32-4)8-9-20(21)25(31)27(3)13-22(16)33-5/h8-9,11,16-18,22H,6-7,10,12-15H2,1-5H3,(H,26,29)/t16-,17+,22+/m1/s1. The summed E-state index contributed by atoms with van der Waals surface area (Å²) in [5.74, 6) is 0.496. The number of rotatable bonds is 6. The van der Waals surface area contributed by atoms with Gasteiger partial charge in [0.05, 0.1) is 17.7 Å². The van der Waals surface area contributed by atoms with Crippen LogP contribution in [0.5, 0.6) is 5.75 Å². The fourth-order valence-corrected chi connectivity index (χ4v) is 4.21. The molecule has 1 fully saturated rings. The molecular formula is C25H37N3O6. The van der Waals surface area contributed by atoms with Gasteiger partial charge in [0, 0.05) is 58.4 Å². The Balaban J connectivity index is 1.91. The van der Waals surface area contributed by atoms with Crippen LogP contribution in [0.2, 0.25) is 0 Å². The van der Waals surface area contributed by atoms with Crippen LogP contribution < -0.4 is 10.1 Å². The van der Waals surface area contributed by atoms with Crippen LogP contribution in [0.3, 0.4) is 0 Å². The van der Waals surface area contributed by atoms with E-state index in [1.807, 2.05) is 18.7 Å². The van der Waals surface area contributed by atoms with Crippen LogP contribution in [0.4, 0.5) is 5.69 Å². The molecule has 9 nitrogen and oxygen atoms in total. The molecule has 1 aliphatic carbocycles. The van der Waals surface area contributed by atoms with Gasteiger partial charge in [-0.2, -0.15) is 0 Å². The van der Waals surface area contributed by atoms with Crippen molar-refractivity contribution in [2.45, 2.75) is 45.3 Å². The smallest absolute Gasteiger partial charge is 0.257 e. The lowest BCUT2D eigenvalue weighted by Gasteiger charge is -2.36. The Kier molecular flexibility index (Phi) is 8.90. The Bertz CT molecular complexity index is 887. The van der Waals surface area contributed by atoms with Gasteiger partial charge in [-0.3, -0.25) is 14.4 Å². The first-order valence-electron chi connectivity index (χ1n) is 11.9. The van der Waals surface area contributed by atoms with E-state index >= 15 is 0 Å². The summed E-state index contributed by atoms with van der Waals surface area (Å²) in [5.41, 5.74) is 0.888. The maximum atomic E-state index is 13.3. The fourth-order valence-electron chi connectivity index (χ4n) is 4.21. The van der Waals surface area contributed by atoms with Gasteiger partial charge in [0.25, 0.3) is 5.91 Å². The summed E-state index contributed by atoms with van der Waals surface area (Å²) in [6.45, 7) is 5.05. The third kappa shape index (κ3) is 6.70. The van der Waals surface area contributed by atoms with Gasteiger partial charge in [-0.05, 0) is 37.8 Å². The van der Waals surface area contributed by atoms with Crippen molar-refractivity contribution >= 4 is 23.4 Å². The topological polar surface area (TPSA) is 97.4 Å². The Labute approximate surface area is 201 Å². The van der Waals surface area contributed by atoms with E-state index in [-0.39, 0.29) is 49.0 Å². The number of amides is 3. The number of fused-ring (bicyclic) bond motifs is 1. The predicted octanol–water partition coefficient (Wildman–Crippen LogP) is 2.40. The van der Waals surface area contributed by atoms with Crippen LogP contribution in [0.15, 0.2) is 18.2 Å². The number of hydrogen-bond acceptors (Lipinski definition) is 6. The van der Waals surface area contributed by atoms with Crippen LogP contribution >= 0.6 is 0 Å². The maximum Gasteiger partial charge on any atom is 0.257 e. The molecule has 3 atom stereocenters. The summed E-state index contributed by atoms with van der Waals surface area (Å²) < 4.78 is 16.7. The number of benzene rings is 1. The van der Waals surface area contributed by atoms with Crippen molar-refractivity contribution in [3.63, 3.8) is 0 Å². The summed E-state index contributed by atoms with van der Waals surface area (Å²) in [4.78, 5) is 41.8. The Morgan fingerprint density at radius 3 is 2.56 bits per heavy atom. The number of hydrogen-bond donors (Lipinski definition) is 1. The highest BCUT2D eigenvalue weighted by Gasteiger charge is 2.33. The average molecular weight is 476 g/mol. The minimum Gasteiger partial charge on any atom is -0.491 e. The molecule has 1 aromatic carbocycles. The van der Waals surface area contributed by atoms with E-state index in [9.17, 15) is 14.4 Å². The van der Waals surface area contributed by atoms with Crippen LogP contribution in [-0.2, 0) is 19.1 Å². The van der Waals surface area contributed by atoms with Crippen molar-refractivity contribution in [1.82, 2.24) is 9.80 Å². The summed E-state index contributed by atoms with van der Waals surface area (Å²) >= 11 is 0. The number of carbonyl (C=O) groups excluding carboxylic acids is 3. The lowest BCUT2D eigenvalue weighted by molar-refractivity contribution is -0.135. The minimum absolute atomic E-state index is 0.0307. The second-order valence-corrected chi connectivity index (χ2v) is 9.48. The predicted molar refractivity (Wildman–Crippen MR) is 128 cm³/mol. The van der Waals surface area contributed by atoms with Gasteiger partial charge in [-0.1, -0.05) is 6.92 Å². The van der Waals surface area contributed by atoms with E-state index in [1.165, 1.54) is 7.11 Å². The van der Waals surface area contributed by atoms with Gasteiger partial charge in [0.1, 0.15) is 19.0 Å². The van der Waals surface area contributed by atoms with Crippen molar-refractivity contribution < 1.29 is 28.6 Å². The third-order valence-corrected chi connectivity index (χ3v) is 6.49. The average Bonchev–Trinajstić information content (AvgIpc) is 3.62. The van der Waals surface area contributed by atoms with E-state index in [1.54, 1.807) is 37.3 Å². The van der Waals surface area contributed by atoms with Gasteiger partial charge >= 0.3 is 0 Å². The summed E-state index contributed by atoms with van der Waals surface area (Å²) in [5, 5.41) is 2.74. The lowest BCUT2D eigenvalue weighted by Crippen LogP contribution is -2.48. The largest absolute Gasteiger partial charge is 0.491 e. The molecule has 0 unspecified atom stereocenters. The molecule has 188 valence electrons. The first-order valence-corrected chi connectivity index (χ1v) is 11.9. The number of nitrogens with zero attached hydrogens (tertiary/aromatic N) is 2. The van der Waals surface area contributed by atoms with Gasteiger partial charge < -0.3 is 29.3 Å². The molecule has 1 aromatic rings. The zero-order chi connectivity index (χ0) is 24.8. The molecule has 0 saturated heterocycles. The second kappa shape index (κ2) is 11.7. The van der Waals surface area contributed by atoms with Crippen LogP contribution in [0.1, 0.15) is 43.5 Å². The molecule has 34 heavy (non-hydrogen) atoms. The van der Waals surface area contributed by atoms with E-state index in [0.717, 1.165) is 12.8 Å². The Morgan fingerprint density at radius 2 is 1.91 bits per heavy atom. The van der Waals surface area contributed by atoms with E-state index < -0.39 is 0 Å². The molecule has 1 saturated carbocycles. The van der Waals surface area contributed by atoms with Crippen molar-refractivity contribution in [2.75, 3.05) is 52.9 Å². The summed E-state index contributed by atoms with van der Waals surface area (Å²) in [6.07, 6.45) is 2.55. The highest BCUT2D eigenvalue weighted by molar-refractivity contribution is 5.98. The van der Waals surface area contributed by atoms with Crippen LogP contribution in [-0.4, -0.2) is 87.2 Å². The summed E-state index contributed by atoms with van der Waals surface area (Å²) in [7, 11) is 4.81. The van der Waals surface area contributed by atoms with Crippen molar-refractivity contribution in [1.29, 1.82) is 0 Å². The van der Waals surface area contributed by atoms with E-state index in [2.05, 4.69) is 5.32 Å². The monoisotopic (exact) mass is 475 g/mol. The van der Waals surface area contributed by atoms with Crippen LogP contribution in [0.25, 0.3) is 0 Å². The molecule has 0 spiro atoms. The molecule has 1 aliphatic heterocycles. The van der Waals surface area contributed by atoms with Crippen molar-refractivity contribution in [3.8, 4) is 5.75 Å². The number of anilines is 1. The molecule has 9 heteroatoms. The van der Waals surface area contributed by atoms with Crippen molar-refractivity contribution in [3.05, 3.63) is 23.8 Å². The van der Waals surface area contributed by atoms with Gasteiger partial charge in [-0.25, -0.2) is 0 Å². The molecule has 3 rings (SSSR count). The molecule has 1 heterocycles. The maximum absolute atomic E-state index is 13.3. The first kappa shape index (κ1) is 26.0. The Hall–Kier alpha value is -2.65. The zero-order valence-corrected chi connectivity index (χ0v) is 20.8. The fraction of sp³-hybridized carbons (Fsp3) is 0.640. The highest BCUT2D eigenvalue weighted by Crippen LogP contribution is 2.33. The molecule has 2 aliphatic rings. The number of methoxy groups -OCH3 is 2. The SMILES string of the molecule is COCC(=O)Nc1ccc2c(c1)OC[C@H](C)N(C(=O)CC1CC1)C[C@@H](C)[C@@H](OC)CN(C)C2=O. The first-order chi connectivity index (χ1) is 16.2.